The molecular weight excluding hydrogens is 184 g/mol. The number of rotatable bonds is 4. The maximum atomic E-state index is 5.68. The first kappa shape index (κ1) is 11.3. The number of likely N-dealkylation sites (tertiary alicyclic amines) is 1. The van der Waals surface area contributed by atoms with Crippen LogP contribution in [-0.4, -0.2) is 55.5 Å². The molecule has 1 unspecified atom stereocenters. The molecule has 0 spiro atoms. The smallest absolute Gasteiger partial charge is 0.0235 e. The van der Waals surface area contributed by atoms with Crippen molar-refractivity contribution in [2.75, 3.05) is 39.6 Å². The average molecular weight is 205 g/mol. The van der Waals surface area contributed by atoms with Gasteiger partial charge in [-0.25, -0.2) is 0 Å². The van der Waals surface area contributed by atoms with Crippen LogP contribution in [0.2, 0.25) is 0 Å². The van der Waals surface area contributed by atoms with Crippen molar-refractivity contribution in [2.24, 2.45) is 0 Å². The fourth-order valence-corrected chi connectivity index (χ4v) is 2.11. The summed E-state index contributed by atoms with van der Waals surface area (Å²) >= 11 is 5.68. The first-order chi connectivity index (χ1) is 6.24. The van der Waals surface area contributed by atoms with Gasteiger partial charge in [0.2, 0.25) is 0 Å². The van der Waals surface area contributed by atoms with E-state index in [0.29, 0.717) is 0 Å². The van der Waals surface area contributed by atoms with Crippen LogP contribution in [-0.2, 0) is 0 Å². The first-order valence-corrected chi connectivity index (χ1v) is 5.72. The third-order valence-corrected chi connectivity index (χ3v) is 3.13. The fourth-order valence-electron chi connectivity index (χ4n) is 1.99. The zero-order valence-corrected chi connectivity index (χ0v) is 9.56. The molecule has 0 saturated carbocycles. The van der Waals surface area contributed by atoms with Gasteiger partial charge in [0.1, 0.15) is 0 Å². The molecule has 13 heavy (non-hydrogen) atoms. The number of hydrogen-bond acceptors (Lipinski definition) is 2. The van der Waals surface area contributed by atoms with Crippen molar-refractivity contribution in [1.82, 2.24) is 9.80 Å². The SMILES string of the molecule is CN1CCCC(N(C)CCCCl)C1. The van der Waals surface area contributed by atoms with Crippen molar-refractivity contribution in [1.29, 1.82) is 0 Å². The lowest BCUT2D eigenvalue weighted by molar-refractivity contribution is 0.135. The lowest BCUT2D eigenvalue weighted by Gasteiger charge is -2.35. The summed E-state index contributed by atoms with van der Waals surface area (Å²) in [6, 6.07) is 0.752. The predicted molar refractivity (Wildman–Crippen MR) is 58.5 cm³/mol. The Hall–Kier alpha value is 0.210. The number of nitrogens with zero attached hydrogens (tertiary/aromatic N) is 2. The van der Waals surface area contributed by atoms with Gasteiger partial charge >= 0.3 is 0 Å². The molecule has 1 aliphatic heterocycles. The van der Waals surface area contributed by atoms with Crippen molar-refractivity contribution in [3.63, 3.8) is 0 Å². The van der Waals surface area contributed by atoms with E-state index < -0.39 is 0 Å². The van der Waals surface area contributed by atoms with Crippen molar-refractivity contribution in [3.8, 4) is 0 Å². The molecular formula is C10H21ClN2. The van der Waals surface area contributed by atoms with Gasteiger partial charge in [0.25, 0.3) is 0 Å². The highest BCUT2D eigenvalue weighted by Gasteiger charge is 2.20. The number of piperidine rings is 1. The van der Waals surface area contributed by atoms with Crippen LogP contribution in [0.4, 0.5) is 0 Å². The van der Waals surface area contributed by atoms with Crippen LogP contribution in [0.15, 0.2) is 0 Å². The summed E-state index contributed by atoms with van der Waals surface area (Å²) in [5, 5.41) is 0. The second-order valence-electron chi connectivity index (χ2n) is 4.08. The highest BCUT2D eigenvalue weighted by atomic mass is 35.5. The van der Waals surface area contributed by atoms with Crippen molar-refractivity contribution >= 4 is 11.6 Å². The lowest BCUT2D eigenvalue weighted by Crippen LogP contribution is -2.45. The maximum Gasteiger partial charge on any atom is 0.0235 e. The van der Waals surface area contributed by atoms with E-state index in [0.717, 1.165) is 24.9 Å². The Morgan fingerprint density at radius 1 is 1.54 bits per heavy atom. The van der Waals surface area contributed by atoms with E-state index in [-0.39, 0.29) is 0 Å². The molecule has 0 amide bonds. The van der Waals surface area contributed by atoms with E-state index in [2.05, 4.69) is 23.9 Å². The molecule has 1 atom stereocenters. The van der Waals surface area contributed by atoms with E-state index in [1.165, 1.54) is 25.9 Å². The largest absolute Gasteiger partial charge is 0.305 e. The summed E-state index contributed by atoms with van der Waals surface area (Å²) in [5.74, 6) is 0.785. The molecule has 1 aliphatic rings. The molecule has 1 fully saturated rings. The van der Waals surface area contributed by atoms with Gasteiger partial charge in [-0.05, 0) is 46.4 Å². The summed E-state index contributed by atoms with van der Waals surface area (Å²) in [4.78, 5) is 4.88. The Morgan fingerprint density at radius 2 is 2.31 bits per heavy atom. The molecule has 0 aromatic heterocycles. The van der Waals surface area contributed by atoms with E-state index >= 15 is 0 Å². The van der Waals surface area contributed by atoms with Crippen LogP contribution >= 0.6 is 11.6 Å². The van der Waals surface area contributed by atoms with Crippen LogP contribution in [0.25, 0.3) is 0 Å². The molecule has 0 N–H and O–H groups in total. The Bertz CT molecular complexity index is 141. The summed E-state index contributed by atoms with van der Waals surface area (Å²) in [7, 11) is 4.43. The minimum Gasteiger partial charge on any atom is -0.305 e. The van der Waals surface area contributed by atoms with Gasteiger partial charge in [-0.15, -0.1) is 11.6 Å². The first-order valence-electron chi connectivity index (χ1n) is 5.19. The van der Waals surface area contributed by atoms with E-state index in [4.69, 9.17) is 11.6 Å². The zero-order chi connectivity index (χ0) is 9.68. The molecule has 0 aliphatic carbocycles. The van der Waals surface area contributed by atoms with Crippen LogP contribution in [0.3, 0.4) is 0 Å². The molecule has 3 heteroatoms. The second-order valence-corrected chi connectivity index (χ2v) is 4.46. The Labute approximate surface area is 86.8 Å². The van der Waals surface area contributed by atoms with Gasteiger partial charge in [0.05, 0.1) is 0 Å². The summed E-state index contributed by atoms with van der Waals surface area (Å²) in [6.07, 6.45) is 3.80. The normalized spacial score (nSPS) is 25.4. The van der Waals surface area contributed by atoms with Gasteiger partial charge in [-0.3, -0.25) is 0 Å². The molecule has 2 nitrogen and oxygen atoms in total. The van der Waals surface area contributed by atoms with Crippen LogP contribution in [0.5, 0.6) is 0 Å². The van der Waals surface area contributed by atoms with E-state index in [9.17, 15) is 0 Å². The highest BCUT2D eigenvalue weighted by Crippen LogP contribution is 2.13. The van der Waals surface area contributed by atoms with Gasteiger partial charge in [-0.2, -0.15) is 0 Å². The monoisotopic (exact) mass is 204 g/mol. The quantitative estimate of drug-likeness (QED) is 0.643. The summed E-state index contributed by atoms with van der Waals surface area (Å²) in [6.45, 7) is 3.63. The molecule has 1 rings (SSSR count). The Morgan fingerprint density at radius 3 is 2.92 bits per heavy atom. The zero-order valence-electron chi connectivity index (χ0n) is 8.80. The Balaban J connectivity index is 2.24. The second kappa shape index (κ2) is 5.84. The third-order valence-electron chi connectivity index (χ3n) is 2.87. The fraction of sp³-hybridized carbons (Fsp3) is 1.00. The minimum absolute atomic E-state index is 0.752. The average Bonchev–Trinajstić information content (AvgIpc) is 2.14. The van der Waals surface area contributed by atoms with E-state index in [1.54, 1.807) is 0 Å². The van der Waals surface area contributed by atoms with Gasteiger partial charge in [-0.1, -0.05) is 0 Å². The van der Waals surface area contributed by atoms with Crippen molar-refractivity contribution in [3.05, 3.63) is 0 Å². The maximum absolute atomic E-state index is 5.68. The molecule has 0 aromatic rings. The van der Waals surface area contributed by atoms with Crippen LogP contribution in [0, 0.1) is 0 Å². The van der Waals surface area contributed by atoms with Crippen LogP contribution < -0.4 is 0 Å². The lowest BCUT2D eigenvalue weighted by atomic mass is 10.1. The Kier molecular flexibility index (Phi) is 5.07. The number of likely N-dealkylation sites (N-methyl/N-ethyl adjacent to an activating group) is 2. The van der Waals surface area contributed by atoms with Gasteiger partial charge in [0, 0.05) is 18.5 Å². The van der Waals surface area contributed by atoms with Gasteiger partial charge < -0.3 is 9.80 Å². The molecule has 1 saturated heterocycles. The van der Waals surface area contributed by atoms with Crippen LogP contribution in [0.1, 0.15) is 19.3 Å². The summed E-state index contributed by atoms with van der Waals surface area (Å²) < 4.78 is 0. The molecule has 0 bridgehead atoms. The van der Waals surface area contributed by atoms with Gasteiger partial charge in [0.15, 0.2) is 0 Å². The molecule has 78 valence electrons. The van der Waals surface area contributed by atoms with E-state index in [1.807, 2.05) is 0 Å². The predicted octanol–water partition coefficient (Wildman–Crippen LogP) is 1.64. The summed E-state index contributed by atoms with van der Waals surface area (Å²) in [5.41, 5.74) is 0. The van der Waals surface area contributed by atoms with Crippen molar-refractivity contribution in [2.45, 2.75) is 25.3 Å². The highest BCUT2D eigenvalue weighted by molar-refractivity contribution is 6.17. The van der Waals surface area contributed by atoms with Crippen molar-refractivity contribution < 1.29 is 0 Å². The number of alkyl halides is 1. The molecule has 0 radical (unpaired) electrons. The third kappa shape index (κ3) is 3.84. The number of hydrogen-bond donors (Lipinski definition) is 0. The molecule has 1 heterocycles. The number of halogens is 1. The molecule has 0 aromatic carbocycles. The topological polar surface area (TPSA) is 6.48 Å². The minimum atomic E-state index is 0.752. The standard InChI is InChI=1S/C10H21ClN2/c1-12-7-3-5-10(9-12)13(2)8-4-6-11/h10H,3-9H2,1-2H3.